The fourth-order valence-corrected chi connectivity index (χ4v) is 5.54. The molecule has 0 unspecified atom stereocenters. The molecule has 0 bridgehead atoms. The van der Waals surface area contributed by atoms with Crippen molar-refractivity contribution < 1.29 is 27.9 Å². The number of rotatable bonds is 7. The van der Waals surface area contributed by atoms with Crippen LogP contribution >= 0.6 is 0 Å². The summed E-state index contributed by atoms with van der Waals surface area (Å²) in [6, 6.07) is 3.60. The van der Waals surface area contributed by atoms with Gasteiger partial charge in [0, 0.05) is 31.9 Å². The smallest absolute Gasteiger partial charge is 0.253 e. The molecule has 0 saturated carbocycles. The molecule has 2 atom stereocenters. The van der Waals surface area contributed by atoms with Crippen molar-refractivity contribution in [1.82, 2.24) is 9.62 Å². The Kier molecular flexibility index (Phi) is 7.65. The second-order valence-electron chi connectivity index (χ2n) is 7.70. The van der Waals surface area contributed by atoms with Crippen molar-refractivity contribution in [1.29, 1.82) is 0 Å². The Hall–Kier alpha value is -2.05. The lowest BCUT2D eigenvalue weighted by Gasteiger charge is -2.33. The maximum Gasteiger partial charge on any atom is 0.253 e. The highest BCUT2D eigenvalue weighted by Crippen LogP contribution is 2.29. The van der Waals surface area contributed by atoms with Crippen LogP contribution in [0.25, 0.3) is 0 Å². The molecule has 11 heteroatoms. The van der Waals surface area contributed by atoms with E-state index in [0.717, 1.165) is 0 Å². The van der Waals surface area contributed by atoms with Gasteiger partial charge in [-0.05, 0) is 37.0 Å². The van der Waals surface area contributed by atoms with Gasteiger partial charge in [0.05, 0.1) is 17.6 Å². The summed E-state index contributed by atoms with van der Waals surface area (Å²) in [6.07, 6.45) is 1.00. The van der Waals surface area contributed by atoms with Gasteiger partial charge in [0.25, 0.3) is 5.91 Å². The SMILES string of the molecule is CCc1c(N2CCOCC2=O)cccc1S(=O)(=O)N[C@@H](CN)C(=O)N1CCC[C@H](O)C1. The minimum absolute atomic E-state index is 0.0109. The number of sulfonamides is 1. The molecule has 0 radical (unpaired) electrons. The molecule has 1 aromatic carbocycles. The Labute approximate surface area is 182 Å². The minimum atomic E-state index is -4.10. The van der Waals surface area contributed by atoms with Gasteiger partial charge in [0.15, 0.2) is 0 Å². The molecule has 0 spiro atoms. The van der Waals surface area contributed by atoms with E-state index in [1.54, 1.807) is 12.1 Å². The van der Waals surface area contributed by atoms with E-state index >= 15 is 0 Å². The van der Waals surface area contributed by atoms with E-state index in [0.29, 0.717) is 50.2 Å². The fourth-order valence-electron chi connectivity index (χ4n) is 4.01. The number of piperidine rings is 1. The second kappa shape index (κ2) is 10.0. The van der Waals surface area contributed by atoms with Crippen LogP contribution in [0.15, 0.2) is 23.1 Å². The van der Waals surface area contributed by atoms with Gasteiger partial charge < -0.3 is 25.4 Å². The fraction of sp³-hybridized carbons (Fsp3) is 0.600. The first-order valence-electron chi connectivity index (χ1n) is 10.5. The molecule has 3 rings (SSSR count). The van der Waals surface area contributed by atoms with Gasteiger partial charge in [-0.1, -0.05) is 13.0 Å². The average molecular weight is 455 g/mol. The quantitative estimate of drug-likeness (QED) is 0.490. The van der Waals surface area contributed by atoms with Crippen LogP contribution in [0, 0.1) is 0 Å². The molecule has 2 fully saturated rings. The summed E-state index contributed by atoms with van der Waals surface area (Å²) in [4.78, 5) is 28.1. The van der Waals surface area contributed by atoms with Crippen molar-refractivity contribution in [2.24, 2.45) is 5.73 Å². The predicted octanol–water partition coefficient (Wildman–Crippen LogP) is -0.799. The molecular weight excluding hydrogens is 424 g/mol. The van der Waals surface area contributed by atoms with E-state index < -0.39 is 28.1 Å². The summed E-state index contributed by atoms with van der Waals surface area (Å²) in [6.45, 7) is 2.86. The molecule has 2 aliphatic rings. The van der Waals surface area contributed by atoms with Crippen LogP contribution in [0.5, 0.6) is 0 Å². The van der Waals surface area contributed by atoms with Gasteiger partial charge in [-0.25, -0.2) is 8.42 Å². The van der Waals surface area contributed by atoms with Crippen LogP contribution < -0.4 is 15.4 Å². The van der Waals surface area contributed by atoms with Crippen LogP contribution in [-0.4, -0.2) is 81.8 Å². The van der Waals surface area contributed by atoms with Gasteiger partial charge in [-0.3, -0.25) is 9.59 Å². The summed E-state index contributed by atoms with van der Waals surface area (Å²) >= 11 is 0. The summed E-state index contributed by atoms with van der Waals surface area (Å²) in [5.41, 5.74) is 6.74. The number of amides is 2. The molecule has 4 N–H and O–H groups in total. The number of morpholine rings is 1. The van der Waals surface area contributed by atoms with Crippen molar-refractivity contribution in [2.75, 3.05) is 44.3 Å². The van der Waals surface area contributed by atoms with E-state index in [1.807, 2.05) is 6.92 Å². The van der Waals surface area contributed by atoms with E-state index in [4.69, 9.17) is 10.5 Å². The lowest BCUT2D eigenvalue weighted by atomic mass is 10.1. The van der Waals surface area contributed by atoms with Gasteiger partial charge in [0.2, 0.25) is 15.9 Å². The topological polar surface area (TPSA) is 142 Å². The number of carbonyl (C=O) groups excluding carboxylic acids is 2. The van der Waals surface area contributed by atoms with Gasteiger partial charge in [-0.15, -0.1) is 0 Å². The van der Waals surface area contributed by atoms with Crippen LogP contribution in [0.1, 0.15) is 25.3 Å². The molecule has 2 heterocycles. The summed E-state index contributed by atoms with van der Waals surface area (Å²) in [5, 5.41) is 9.83. The highest BCUT2D eigenvalue weighted by atomic mass is 32.2. The van der Waals surface area contributed by atoms with Crippen molar-refractivity contribution in [3.05, 3.63) is 23.8 Å². The molecule has 2 aliphatic heterocycles. The number of β-amino-alcohol motifs (C(OH)–C–C–N with tert-alkyl or cyclic N) is 1. The molecule has 172 valence electrons. The number of hydrogen-bond acceptors (Lipinski definition) is 7. The molecule has 2 saturated heterocycles. The van der Waals surface area contributed by atoms with Gasteiger partial charge in [-0.2, -0.15) is 4.72 Å². The number of aliphatic hydroxyl groups excluding tert-OH is 1. The number of nitrogens with two attached hydrogens (primary N) is 1. The van der Waals surface area contributed by atoms with Crippen molar-refractivity contribution >= 4 is 27.5 Å². The Morgan fingerprint density at radius 2 is 2.16 bits per heavy atom. The molecule has 1 aromatic rings. The number of aliphatic hydroxyl groups is 1. The third-order valence-corrected chi connectivity index (χ3v) is 7.12. The van der Waals surface area contributed by atoms with Crippen molar-refractivity contribution in [3.63, 3.8) is 0 Å². The molecular formula is C20H30N4O6S. The first-order chi connectivity index (χ1) is 14.8. The lowest BCUT2D eigenvalue weighted by Crippen LogP contribution is -2.54. The Morgan fingerprint density at radius 1 is 1.39 bits per heavy atom. The normalized spacial score (nSPS) is 21.3. The highest BCUT2D eigenvalue weighted by molar-refractivity contribution is 7.89. The molecule has 10 nitrogen and oxygen atoms in total. The van der Waals surface area contributed by atoms with Crippen LogP contribution in [0.4, 0.5) is 5.69 Å². The zero-order chi connectivity index (χ0) is 22.6. The molecule has 31 heavy (non-hydrogen) atoms. The monoisotopic (exact) mass is 454 g/mol. The molecule has 0 aliphatic carbocycles. The summed E-state index contributed by atoms with van der Waals surface area (Å²) < 4.78 is 34.1. The number of nitrogens with one attached hydrogen (secondary N) is 1. The zero-order valence-corrected chi connectivity index (χ0v) is 18.4. The Morgan fingerprint density at radius 3 is 2.81 bits per heavy atom. The number of ether oxygens (including phenoxy) is 1. The van der Waals surface area contributed by atoms with E-state index in [2.05, 4.69) is 4.72 Å². The number of benzene rings is 1. The Bertz CT molecular complexity index is 922. The van der Waals surface area contributed by atoms with Crippen molar-refractivity contribution in [3.8, 4) is 0 Å². The average Bonchev–Trinajstić information content (AvgIpc) is 2.76. The first-order valence-corrected chi connectivity index (χ1v) is 12.0. The maximum absolute atomic E-state index is 13.2. The number of hydrogen-bond donors (Lipinski definition) is 3. The zero-order valence-electron chi connectivity index (χ0n) is 17.6. The number of carbonyl (C=O) groups is 2. The first kappa shape index (κ1) is 23.6. The molecule has 2 amide bonds. The third kappa shape index (κ3) is 5.24. The second-order valence-corrected chi connectivity index (χ2v) is 9.38. The largest absolute Gasteiger partial charge is 0.391 e. The van der Waals surface area contributed by atoms with Crippen LogP contribution in [0.2, 0.25) is 0 Å². The predicted molar refractivity (Wildman–Crippen MR) is 114 cm³/mol. The molecule has 0 aromatic heterocycles. The minimum Gasteiger partial charge on any atom is -0.391 e. The lowest BCUT2D eigenvalue weighted by molar-refractivity contribution is -0.135. The highest BCUT2D eigenvalue weighted by Gasteiger charge is 2.33. The number of likely N-dealkylation sites (tertiary alicyclic amines) is 1. The third-order valence-electron chi connectivity index (χ3n) is 5.57. The summed E-state index contributed by atoms with van der Waals surface area (Å²) in [7, 11) is -4.10. The van der Waals surface area contributed by atoms with Gasteiger partial charge >= 0.3 is 0 Å². The van der Waals surface area contributed by atoms with Gasteiger partial charge in [0.1, 0.15) is 12.6 Å². The van der Waals surface area contributed by atoms with E-state index in [9.17, 15) is 23.1 Å². The summed E-state index contributed by atoms with van der Waals surface area (Å²) in [5.74, 6) is -0.690. The van der Waals surface area contributed by atoms with Crippen LogP contribution in [-0.2, 0) is 30.8 Å². The van der Waals surface area contributed by atoms with Crippen molar-refractivity contribution in [2.45, 2.75) is 43.2 Å². The Balaban J connectivity index is 1.87. The number of nitrogens with zero attached hydrogens (tertiary/aromatic N) is 2. The number of anilines is 1. The standard InChI is InChI=1S/C20H30N4O6S/c1-2-15-17(24-9-10-30-13-19(24)26)6-3-7-18(15)31(28,29)22-16(11-21)20(27)23-8-4-5-14(25)12-23/h3,6-7,14,16,22,25H,2,4-5,8-13,21H2,1H3/t14-,16-/m0/s1. The van der Waals surface area contributed by atoms with E-state index in [-0.39, 0.29) is 30.5 Å². The van der Waals surface area contributed by atoms with E-state index in [1.165, 1.54) is 15.9 Å². The van der Waals surface area contributed by atoms with Crippen LogP contribution in [0.3, 0.4) is 0 Å². The maximum atomic E-state index is 13.2.